The molecule has 1 N–H and O–H groups in total. The van der Waals surface area contributed by atoms with Crippen LogP contribution in [0.4, 0.5) is 8.78 Å². The van der Waals surface area contributed by atoms with Crippen molar-refractivity contribution in [3.05, 3.63) is 0 Å². The number of hydrogen-bond donors (Lipinski definition) is 1. The van der Waals surface area contributed by atoms with Gasteiger partial charge in [0.25, 0.3) is 5.92 Å². The van der Waals surface area contributed by atoms with Gasteiger partial charge in [0.2, 0.25) is 0 Å². The third-order valence-corrected chi connectivity index (χ3v) is 2.26. The van der Waals surface area contributed by atoms with Crippen molar-refractivity contribution in [2.75, 3.05) is 13.7 Å². The van der Waals surface area contributed by atoms with Gasteiger partial charge in [0.05, 0.1) is 13.7 Å². The Balaban J connectivity index is 2.77. The molecule has 1 fully saturated rings. The van der Waals surface area contributed by atoms with Gasteiger partial charge in [-0.2, -0.15) is 0 Å². The summed E-state index contributed by atoms with van der Waals surface area (Å²) in [6, 6.07) is -1.05. The van der Waals surface area contributed by atoms with Crippen molar-refractivity contribution in [3.8, 4) is 0 Å². The summed E-state index contributed by atoms with van der Waals surface area (Å²) in [5.41, 5.74) is 0. The van der Waals surface area contributed by atoms with Crippen LogP contribution in [-0.2, 0) is 9.53 Å². The summed E-state index contributed by atoms with van der Waals surface area (Å²) < 4.78 is 30.3. The van der Waals surface area contributed by atoms with Gasteiger partial charge in [0.15, 0.2) is 0 Å². The van der Waals surface area contributed by atoms with Gasteiger partial charge in [0, 0.05) is 6.42 Å². The van der Waals surface area contributed by atoms with E-state index in [1.165, 1.54) is 6.82 Å². The molecule has 7 heteroatoms. The summed E-state index contributed by atoms with van der Waals surface area (Å²) in [7, 11) is 0.0615. The van der Waals surface area contributed by atoms with E-state index in [-0.39, 0.29) is 0 Å². The Kier molecular flexibility index (Phi) is 3.11. The molecule has 80 valence electrons. The number of hydrogen-bond acceptors (Lipinski definition) is 4. The number of carbonyl (C=O) groups excluding carboxylic acids is 1. The van der Waals surface area contributed by atoms with Gasteiger partial charge in [-0.15, -0.1) is 0 Å². The Morgan fingerprint density at radius 3 is 2.71 bits per heavy atom. The molecular formula is C7H12BF2NO3. The van der Waals surface area contributed by atoms with Crippen LogP contribution >= 0.6 is 0 Å². The van der Waals surface area contributed by atoms with E-state index in [1.54, 1.807) is 0 Å². The molecule has 0 unspecified atom stereocenters. The normalized spacial score (nSPS) is 26.2. The molecule has 4 nitrogen and oxygen atoms in total. The molecule has 0 spiro atoms. The molecule has 0 aromatic carbocycles. The van der Waals surface area contributed by atoms with E-state index < -0.39 is 37.9 Å². The fraction of sp³-hybridized carbons (Fsp3) is 0.857. The lowest BCUT2D eigenvalue weighted by Gasteiger charge is -2.21. The van der Waals surface area contributed by atoms with Crippen molar-refractivity contribution >= 4 is 13.0 Å². The van der Waals surface area contributed by atoms with Gasteiger partial charge in [-0.05, 0) is 6.82 Å². The monoisotopic (exact) mass is 207 g/mol. The van der Waals surface area contributed by atoms with E-state index >= 15 is 0 Å². The second-order valence-electron chi connectivity index (χ2n) is 3.40. The topological polar surface area (TPSA) is 49.8 Å². The molecule has 0 amide bonds. The summed E-state index contributed by atoms with van der Waals surface area (Å²) in [4.78, 5) is 12.1. The van der Waals surface area contributed by atoms with Crippen molar-refractivity contribution < 1.29 is 23.3 Å². The van der Waals surface area contributed by atoms with E-state index in [0.717, 1.165) is 11.9 Å². The number of rotatable bonds is 2. The minimum atomic E-state index is -2.93. The first-order valence-corrected chi connectivity index (χ1v) is 4.27. The highest BCUT2D eigenvalue weighted by Crippen LogP contribution is 2.32. The summed E-state index contributed by atoms with van der Waals surface area (Å²) in [5, 5.41) is 9.18. The van der Waals surface area contributed by atoms with E-state index in [9.17, 15) is 18.6 Å². The van der Waals surface area contributed by atoms with Gasteiger partial charge in [-0.1, -0.05) is 0 Å². The van der Waals surface area contributed by atoms with E-state index in [2.05, 4.69) is 4.74 Å². The molecule has 0 aliphatic carbocycles. The van der Waals surface area contributed by atoms with Crippen LogP contribution < -0.4 is 0 Å². The number of nitrogens with zero attached hydrogens (tertiary/aromatic N) is 1. The van der Waals surface area contributed by atoms with Crippen molar-refractivity contribution in [2.45, 2.75) is 25.2 Å². The smallest absolute Gasteiger partial charge is 0.377 e. The lowest BCUT2D eigenvalue weighted by Crippen LogP contribution is -2.45. The zero-order chi connectivity index (χ0) is 10.9. The van der Waals surface area contributed by atoms with Crippen LogP contribution in [0.2, 0.25) is 6.82 Å². The lowest BCUT2D eigenvalue weighted by molar-refractivity contribution is -0.145. The van der Waals surface area contributed by atoms with Crippen LogP contribution in [-0.4, -0.2) is 48.5 Å². The molecule has 14 heavy (non-hydrogen) atoms. The molecule has 1 aliphatic heterocycles. The highest BCUT2D eigenvalue weighted by Gasteiger charge is 2.50. The summed E-state index contributed by atoms with van der Waals surface area (Å²) >= 11 is 0. The second kappa shape index (κ2) is 3.82. The van der Waals surface area contributed by atoms with E-state index in [0.29, 0.717) is 0 Å². The number of ether oxygens (including phenoxy) is 1. The molecule has 0 aromatic rings. The van der Waals surface area contributed by atoms with Crippen LogP contribution in [0.25, 0.3) is 0 Å². The maximum absolute atomic E-state index is 12.9. The van der Waals surface area contributed by atoms with E-state index in [4.69, 9.17) is 0 Å². The quantitative estimate of drug-likeness (QED) is 0.510. The standard InChI is InChI=1S/C7H12BF2NO3/c1-8(13)11-4-7(9,10)3-5(11)6(12)14-2/h5,13H,3-4H2,1-2H3/t5-/m1/s1. The molecule has 0 radical (unpaired) electrons. The molecule has 0 bridgehead atoms. The third-order valence-electron chi connectivity index (χ3n) is 2.26. The van der Waals surface area contributed by atoms with Crippen LogP contribution in [0.15, 0.2) is 0 Å². The largest absolute Gasteiger partial charge is 0.468 e. The summed E-state index contributed by atoms with van der Waals surface area (Å²) in [6.45, 7) is 0.738. The molecule has 1 aliphatic rings. The zero-order valence-corrected chi connectivity index (χ0v) is 8.04. The minimum absolute atomic E-state index is 0.593. The number of carbonyl (C=O) groups is 1. The third kappa shape index (κ3) is 2.21. The van der Waals surface area contributed by atoms with Crippen LogP contribution in [0, 0.1) is 0 Å². The number of halogens is 2. The van der Waals surface area contributed by atoms with Gasteiger partial charge in [-0.25, -0.2) is 8.78 Å². The average molecular weight is 207 g/mol. The first kappa shape index (κ1) is 11.4. The fourth-order valence-electron chi connectivity index (χ4n) is 1.59. The van der Waals surface area contributed by atoms with Gasteiger partial charge in [0.1, 0.15) is 6.04 Å². The van der Waals surface area contributed by atoms with Gasteiger partial charge >= 0.3 is 13.0 Å². The molecule has 1 heterocycles. The summed E-state index contributed by atoms with van der Waals surface area (Å²) in [5.74, 6) is -3.67. The SMILES string of the molecule is COC(=O)[C@H]1CC(F)(F)CN1B(C)O. The van der Waals surface area contributed by atoms with Crippen molar-refractivity contribution in [3.63, 3.8) is 0 Å². The number of alkyl halides is 2. The zero-order valence-electron chi connectivity index (χ0n) is 8.04. The lowest BCUT2D eigenvalue weighted by atomic mass is 9.84. The predicted molar refractivity (Wildman–Crippen MR) is 45.9 cm³/mol. The maximum Gasteiger partial charge on any atom is 0.377 e. The molecule has 1 rings (SSSR count). The van der Waals surface area contributed by atoms with Gasteiger partial charge < -0.3 is 9.76 Å². The first-order chi connectivity index (χ1) is 6.37. The Hall–Kier alpha value is -0.685. The van der Waals surface area contributed by atoms with Gasteiger partial charge in [-0.3, -0.25) is 9.61 Å². The van der Waals surface area contributed by atoms with Crippen LogP contribution in [0.5, 0.6) is 0 Å². The highest BCUT2D eigenvalue weighted by molar-refractivity contribution is 6.45. The molecule has 0 aromatic heterocycles. The highest BCUT2D eigenvalue weighted by atomic mass is 19.3. The second-order valence-corrected chi connectivity index (χ2v) is 3.40. The Morgan fingerprint density at radius 1 is 1.71 bits per heavy atom. The Bertz CT molecular complexity index is 237. The number of esters is 1. The van der Waals surface area contributed by atoms with Crippen molar-refractivity contribution in [2.24, 2.45) is 0 Å². The van der Waals surface area contributed by atoms with Crippen LogP contribution in [0.3, 0.4) is 0 Å². The fourth-order valence-corrected chi connectivity index (χ4v) is 1.59. The molecule has 0 saturated carbocycles. The first-order valence-electron chi connectivity index (χ1n) is 4.27. The molecule has 1 saturated heterocycles. The number of methoxy groups -OCH3 is 1. The summed E-state index contributed by atoms with van der Waals surface area (Å²) in [6.07, 6.45) is -0.593. The Labute approximate surface area is 81.0 Å². The van der Waals surface area contributed by atoms with E-state index in [1.807, 2.05) is 0 Å². The Morgan fingerprint density at radius 2 is 2.29 bits per heavy atom. The minimum Gasteiger partial charge on any atom is -0.468 e. The maximum atomic E-state index is 12.9. The van der Waals surface area contributed by atoms with Crippen LogP contribution in [0.1, 0.15) is 6.42 Å². The van der Waals surface area contributed by atoms with Crippen molar-refractivity contribution in [1.29, 1.82) is 0 Å². The average Bonchev–Trinajstić information content (AvgIpc) is 2.40. The molecule has 1 atom stereocenters. The molecular weight excluding hydrogens is 195 g/mol. The predicted octanol–water partition coefficient (Wildman–Crippen LogP) is -0.0207. The van der Waals surface area contributed by atoms with Crippen molar-refractivity contribution in [1.82, 2.24) is 4.81 Å².